The van der Waals surface area contributed by atoms with E-state index in [0.29, 0.717) is 30.2 Å². The molecule has 0 spiro atoms. The molecule has 4 nitrogen and oxygen atoms in total. The zero-order valence-corrected chi connectivity index (χ0v) is 15.1. The number of halogens is 1. The first kappa shape index (κ1) is 18.1. The molecule has 0 aliphatic heterocycles. The molecule has 24 heavy (non-hydrogen) atoms. The zero-order valence-electron chi connectivity index (χ0n) is 13.5. The quantitative estimate of drug-likeness (QED) is 0.694. The van der Waals surface area contributed by atoms with Gasteiger partial charge in [-0.25, -0.2) is 0 Å². The molecule has 0 bridgehead atoms. The lowest BCUT2D eigenvalue weighted by molar-refractivity contribution is 0.0953. The molecule has 0 unspecified atom stereocenters. The summed E-state index contributed by atoms with van der Waals surface area (Å²) in [6.45, 7) is 4.55. The number of carbonyl (C=O) groups excluding carboxylic acids is 1. The molecular weight excluding hydrogens is 370 g/mol. The summed E-state index contributed by atoms with van der Waals surface area (Å²) < 4.78 is 11.8. The lowest BCUT2D eigenvalue weighted by atomic mass is 10.1. The van der Waals surface area contributed by atoms with E-state index >= 15 is 0 Å². The second-order valence-electron chi connectivity index (χ2n) is 5.06. The van der Waals surface area contributed by atoms with Crippen LogP contribution in [0.2, 0.25) is 0 Å². The maximum atomic E-state index is 12.3. The monoisotopic (exact) mass is 389 g/mol. The van der Waals surface area contributed by atoms with E-state index in [1.807, 2.05) is 24.3 Å². The van der Waals surface area contributed by atoms with Gasteiger partial charge in [0.05, 0.1) is 7.11 Å². The Balaban J connectivity index is 1.96. The van der Waals surface area contributed by atoms with Crippen molar-refractivity contribution < 1.29 is 14.3 Å². The summed E-state index contributed by atoms with van der Waals surface area (Å²) >= 11 is 3.51. The van der Waals surface area contributed by atoms with E-state index in [2.05, 4.69) is 27.8 Å². The summed E-state index contributed by atoms with van der Waals surface area (Å²) in [6, 6.07) is 13.1. The number of benzene rings is 2. The van der Waals surface area contributed by atoms with Gasteiger partial charge < -0.3 is 14.8 Å². The molecule has 0 fully saturated rings. The summed E-state index contributed by atoms with van der Waals surface area (Å²) in [7, 11) is 1.55. The number of methoxy groups -OCH3 is 1. The number of ether oxygens (including phenoxy) is 2. The Bertz CT molecular complexity index is 716. The van der Waals surface area contributed by atoms with Crippen molar-refractivity contribution >= 4 is 21.8 Å². The third-order valence-electron chi connectivity index (χ3n) is 3.42. The Morgan fingerprint density at radius 2 is 2.04 bits per heavy atom. The average molecular weight is 390 g/mol. The molecule has 0 aromatic heterocycles. The highest BCUT2D eigenvalue weighted by molar-refractivity contribution is 9.10. The van der Waals surface area contributed by atoms with Gasteiger partial charge in [-0.1, -0.05) is 46.8 Å². The van der Waals surface area contributed by atoms with Gasteiger partial charge in [0.2, 0.25) is 0 Å². The Kier molecular flexibility index (Phi) is 6.88. The van der Waals surface area contributed by atoms with Gasteiger partial charge in [-0.3, -0.25) is 4.79 Å². The van der Waals surface area contributed by atoms with Crippen molar-refractivity contribution in [2.75, 3.05) is 20.3 Å². The van der Waals surface area contributed by atoms with Crippen molar-refractivity contribution in [3.63, 3.8) is 0 Å². The molecule has 0 saturated heterocycles. The highest BCUT2D eigenvalue weighted by Gasteiger charge is 2.11. The number of hydrogen-bond donors (Lipinski definition) is 1. The first-order valence-corrected chi connectivity index (χ1v) is 8.38. The van der Waals surface area contributed by atoms with Crippen LogP contribution in [0.5, 0.6) is 11.5 Å². The highest BCUT2D eigenvalue weighted by Crippen LogP contribution is 2.28. The van der Waals surface area contributed by atoms with Crippen LogP contribution in [0.25, 0.3) is 0 Å². The predicted molar refractivity (Wildman–Crippen MR) is 98.9 cm³/mol. The molecular formula is C19H20BrNO3. The molecule has 0 radical (unpaired) electrons. The largest absolute Gasteiger partial charge is 0.493 e. The third kappa shape index (κ3) is 4.86. The normalized spacial score (nSPS) is 10.1. The van der Waals surface area contributed by atoms with E-state index < -0.39 is 0 Å². The summed E-state index contributed by atoms with van der Waals surface area (Å²) in [4.78, 5) is 12.3. The second-order valence-corrected chi connectivity index (χ2v) is 5.92. The van der Waals surface area contributed by atoms with Gasteiger partial charge >= 0.3 is 0 Å². The van der Waals surface area contributed by atoms with E-state index in [9.17, 15) is 4.79 Å². The van der Waals surface area contributed by atoms with E-state index in [1.54, 1.807) is 31.4 Å². The van der Waals surface area contributed by atoms with Crippen molar-refractivity contribution in [1.82, 2.24) is 5.32 Å². The fraction of sp³-hybridized carbons (Fsp3) is 0.211. The molecule has 0 heterocycles. The van der Waals surface area contributed by atoms with Crippen LogP contribution in [-0.4, -0.2) is 26.2 Å². The Hall–Kier alpha value is -2.27. The number of carbonyl (C=O) groups is 1. The Morgan fingerprint density at radius 1 is 1.25 bits per heavy atom. The summed E-state index contributed by atoms with van der Waals surface area (Å²) in [5.74, 6) is 0.966. The van der Waals surface area contributed by atoms with E-state index in [0.717, 1.165) is 16.5 Å². The topological polar surface area (TPSA) is 47.6 Å². The Morgan fingerprint density at radius 3 is 2.75 bits per heavy atom. The van der Waals surface area contributed by atoms with Gasteiger partial charge in [-0.2, -0.15) is 0 Å². The standard InChI is InChI=1S/C19H20BrNO3/c1-3-12-24-17-9-8-15(13-18(17)23-2)19(22)21-11-10-14-6-4-5-7-16(14)20/h3-9,13H,1,10-12H2,2H3,(H,21,22). The van der Waals surface area contributed by atoms with E-state index in [1.165, 1.54) is 0 Å². The van der Waals surface area contributed by atoms with Crippen molar-refractivity contribution in [2.45, 2.75) is 6.42 Å². The second kappa shape index (κ2) is 9.13. The SMILES string of the molecule is C=CCOc1ccc(C(=O)NCCc2ccccc2Br)cc1OC. The maximum absolute atomic E-state index is 12.3. The van der Waals surface area contributed by atoms with Crippen LogP contribution in [0.4, 0.5) is 0 Å². The van der Waals surface area contributed by atoms with Gasteiger partial charge in [-0.05, 0) is 36.2 Å². The molecule has 0 atom stereocenters. The van der Waals surface area contributed by atoms with Crippen molar-refractivity contribution in [3.8, 4) is 11.5 Å². The average Bonchev–Trinajstić information content (AvgIpc) is 2.61. The smallest absolute Gasteiger partial charge is 0.251 e. The van der Waals surface area contributed by atoms with Gasteiger partial charge in [0.25, 0.3) is 5.91 Å². The number of nitrogens with one attached hydrogen (secondary N) is 1. The van der Waals surface area contributed by atoms with Gasteiger partial charge in [0, 0.05) is 16.6 Å². The molecule has 2 aromatic rings. The summed E-state index contributed by atoms with van der Waals surface area (Å²) in [5.41, 5.74) is 1.69. The van der Waals surface area contributed by atoms with Gasteiger partial charge in [0.1, 0.15) is 6.61 Å². The molecule has 2 rings (SSSR count). The lowest BCUT2D eigenvalue weighted by Crippen LogP contribution is -2.25. The van der Waals surface area contributed by atoms with Crippen molar-refractivity contribution in [2.24, 2.45) is 0 Å². The molecule has 0 aliphatic rings. The molecule has 1 amide bonds. The fourth-order valence-corrected chi connectivity index (χ4v) is 2.67. The van der Waals surface area contributed by atoms with Crippen LogP contribution in [-0.2, 0) is 6.42 Å². The van der Waals surface area contributed by atoms with Crippen LogP contribution in [0.3, 0.4) is 0 Å². The molecule has 0 saturated carbocycles. The fourth-order valence-electron chi connectivity index (χ4n) is 2.19. The molecule has 0 aliphatic carbocycles. The molecule has 1 N–H and O–H groups in total. The summed E-state index contributed by atoms with van der Waals surface area (Å²) in [6.07, 6.45) is 2.41. The maximum Gasteiger partial charge on any atom is 0.251 e. The Labute approximate surface area is 150 Å². The minimum atomic E-state index is -0.143. The molecule has 5 heteroatoms. The minimum Gasteiger partial charge on any atom is -0.493 e. The number of amides is 1. The van der Waals surface area contributed by atoms with Crippen LogP contribution >= 0.6 is 15.9 Å². The minimum absolute atomic E-state index is 0.143. The summed E-state index contributed by atoms with van der Waals surface area (Å²) in [5, 5.41) is 2.92. The van der Waals surface area contributed by atoms with E-state index in [-0.39, 0.29) is 5.91 Å². The molecule has 2 aromatic carbocycles. The van der Waals surface area contributed by atoms with Gasteiger partial charge in [-0.15, -0.1) is 0 Å². The first-order chi connectivity index (χ1) is 11.7. The third-order valence-corrected chi connectivity index (χ3v) is 4.19. The van der Waals surface area contributed by atoms with Crippen LogP contribution in [0.15, 0.2) is 59.6 Å². The van der Waals surface area contributed by atoms with Crippen LogP contribution in [0.1, 0.15) is 15.9 Å². The van der Waals surface area contributed by atoms with Crippen molar-refractivity contribution in [1.29, 1.82) is 0 Å². The van der Waals surface area contributed by atoms with Crippen molar-refractivity contribution in [3.05, 3.63) is 70.7 Å². The highest BCUT2D eigenvalue weighted by atomic mass is 79.9. The van der Waals surface area contributed by atoms with Gasteiger partial charge in [0.15, 0.2) is 11.5 Å². The van der Waals surface area contributed by atoms with E-state index in [4.69, 9.17) is 9.47 Å². The first-order valence-electron chi connectivity index (χ1n) is 7.59. The number of rotatable bonds is 8. The lowest BCUT2D eigenvalue weighted by Gasteiger charge is -2.11. The molecule has 126 valence electrons. The zero-order chi connectivity index (χ0) is 17.4. The van der Waals surface area contributed by atoms with Crippen LogP contribution in [0, 0.1) is 0 Å². The predicted octanol–water partition coefficient (Wildman–Crippen LogP) is 4.00. The van der Waals surface area contributed by atoms with Crippen LogP contribution < -0.4 is 14.8 Å². The number of hydrogen-bond acceptors (Lipinski definition) is 3.